The number of hydrogen-bond acceptors (Lipinski definition) is 6. The Morgan fingerprint density at radius 2 is 2.03 bits per heavy atom. The summed E-state index contributed by atoms with van der Waals surface area (Å²) in [6.45, 7) is 4.23. The fourth-order valence-electron chi connectivity index (χ4n) is 3.64. The molecule has 1 atom stereocenters. The maximum Gasteiger partial charge on any atom is 0.294 e. The van der Waals surface area contributed by atoms with Gasteiger partial charge in [0.2, 0.25) is 5.91 Å². The Labute approximate surface area is 174 Å². The number of nitrogens with two attached hydrogens (primary N) is 1. The highest BCUT2D eigenvalue weighted by atomic mass is 16.2. The number of aryl methyl sites for hydroxylation is 2. The van der Waals surface area contributed by atoms with Gasteiger partial charge in [0.25, 0.3) is 5.56 Å². The van der Waals surface area contributed by atoms with E-state index in [2.05, 4.69) is 27.5 Å². The van der Waals surface area contributed by atoms with Crippen LogP contribution in [0, 0.1) is 6.92 Å². The van der Waals surface area contributed by atoms with Crippen LogP contribution in [0.5, 0.6) is 0 Å². The molecule has 3 heterocycles. The Kier molecular flexibility index (Phi) is 5.22. The van der Waals surface area contributed by atoms with Gasteiger partial charge >= 0.3 is 0 Å². The van der Waals surface area contributed by atoms with Gasteiger partial charge in [-0.25, -0.2) is 9.97 Å². The summed E-state index contributed by atoms with van der Waals surface area (Å²) in [7, 11) is 0. The summed E-state index contributed by atoms with van der Waals surface area (Å²) >= 11 is 0. The van der Waals surface area contributed by atoms with Crippen LogP contribution in [0.2, 0.25) is 0 Å². The van der Waals surface area contributed by atoms with Crippen LogP contribution in [0.4, 0.5) is 17.3 Å². The minimum Gasteiger partial charge on any atom is -0.384 e. The van der Waals surface area contributed by atoms with Gasteiger partial charge in [0.15, 0.2) is 5.82 Å². The van der Waals surface area contributed by atoms with Crippen LogP contribution >= 0.6 is 0 Å². The molecular formula is C22H24N6O2. The molecule has 2 aromatic heterocycles. The first-order valence-electron chi connectivity index (χ1n) is 9.93. The predicted octanol–water partition coefficient (Wildman–Crippen LogP) is 2.25. The van der Waals surface area contributed by atoms with Crippen molar-refractivity contribution < 1.29 is 4.79 Å². The van der Waals surface area contributed by atoms with E-state index in [9.17, 15) is 9.59 Å². The number of fused-ring (bicyclic) bond motifs is 1. The third kappa shape index (κ3) is 3.63. The Hall–Kier alpha value is -3.68. The molecule has 1 aromatic carbocycles. The molecule has 3 aromatic rings. The first-order valence-corrected chi connectivity index (χ1v) is 9.93. The van der Waals surface area contributed by atoms with Crippen molar-refractivity contribution >= 4 is 23.2 Å². The first kappa shape index (κ1) is 19.6. The number of hydrogen-bond donors (Lipinski definition) is 3. The van der Waals surface area contributed by atoms with Gasteiger partial charge in [-0.15, -0.1) is 0 Å². The number of carbonyl (C=O) groups is 1. The second kappa shape index (κ2) is 7.98. The van der Waals surface area contributed by atoms with Gasteiger partial charge in [-0.05, 0) is 36.6 Å². The number of nitrogens with zero attached hydrogens (tertiary/aromatic N) is 3. The fraction of sp³-hybridized carbons (Fsp3) is 0.273. The first-order chi connectivity index (χ1) is 14.5. The molecule has 0 saturated carbocycles. The fourth-order valence-corrected chi connectivity index (χ4v) is 3.64. The standard InChI is InChI=1S/C22H24N6O2/c1-3-14-6-4-5-7-17(14)27-20-22(30)28-16(12-24-20)10-18(28)21(29)25-11-15-8-9-19(23)26-13(15)2/h4-9,12,18H,3,10-11H2,1-2H3,(H2,23,26)(H,24,27)(H,25,29)/t18-/m0/s1. The van der Waals surface area contributed by atoms with E-state index in [-0.39, 0.29) is 17.3 Å². The number of benzene rings is 1. The lowest BCUT2D eigenvalue weighted by atomic mass is 10.0. The molecule has 0 unspecified atom stereocenters. The lowest BCUT2D eigenvalue weighted by molar-refractivity contribution is -0.125. The van der Waals surface area contributed by atoms with Crippen LogP contribution in [-0.2, 0) is 24.2 Å². The van der Waals surface area contributed by atoms with Gasteiger partial charge < -0.3 is 16.4 Å². The number of amides is 1. The van der Waals surface area contributed by atoms with Crippen LogP contribution in [0.3, 0.4) is 0 Å². The van der Waals surface area contributed by atoms with Crippen molar-refractivity contribution in [2.24, 2.45) is 0 Å². The minimum atomic E-state index is -0.542. The van der Waals surface area contributed by atoms with Crippen molar-refractivity contribution in [2.45, 2.75) is 39.3 Å². The van der Waals surface area contributed by atoms with E-state index in [1.807, 2.05) is 37.3 Å². The highest BCUT2D eigenvalue weighted by Crippen LogP contribution is 2.26. The molecule has 8 nitrogen and oxygen atoms in total. The summed E-state index contributed by atoms with van der Waals surface area (Å²) in [6, 6.07) is 10.8. The smallest absolute Gasteiger partial charge is 0.294 e. The predicted molar refractivity (Wildman–Crippen MR) is 116 cm³/mol. The zero-order valence-corrected chi connectivity index (χ0v) is 17.0. The molecule has 1 aliphatic heterocycles. The average Bonchev–Trinajstić information content (AvgIpc) is 2.70. The molecule has 0 aliphatic carbocycles. The van der Waals surface area contributed by atoms with Gasteiger partial charge in [-0.2, -0.15) is 0 Å². The SMILES string of the molecule is CCc1ccccc1Nc1ncc2n(c1=O)[C@H](C(=O)NCc1ccc(N)nc1C)C2. The zero-order chi connectivity index (χ0) is 21.3. The third-order valence-electron chi connectivity index (χ3n) is 5.41. The number of anilines is 3. The van der Waals surface area contributed by atoms with Crippen LogP contribution in [0.25, 0.3) is 0 Å². The highest BCUT2D eigenvalue weighted by Gasteiger charge is 2.34. The highest BCUT2D eigenvalue weighted by molar-refractivity contribution is 5.82. The van der Waals surface area contributed by atoms with E-state index in [4.69, 9.17) is 5.73 Å². The van der Waals surface area contributed by atoms with E-state index in [0.717, 1.165) is 34.6 Å². The van der Waals surface area contributed by atoms with E-state index < -0.39 is 6.04 Å². The summed E-state index contributed by atoms with van der Waals surface area (Å²) in [5, 5.41) is 6.02. The summed E-state index contributed by atoms with van der Waals surface area (Å²) < 4.78 is 1.51. The largest absolute Gasteiger partial charge is 0.384 e. The Morgan fingerprint density at radius 1 is 1.23 bits per heavy atom. The second-order valence-corrected chi connectivity index (χ2v) is 7.33. The van der Waals surface area contributed by atoms with Gasteiger partial charge in [0, 0.05) is 36.2 Å². The minimum absolute atomic E-state index is 0.202. The lowest BCUT2D eigenvalue weighted by Crippen LogP contribution is -2.46. The number of nitrogens with one attached hydrogen (secondary N) is 2. The van der Waals surface area contributed by atoms with Gasteiger partial charge in [-0.3, -0.25) is 14.2 Å². The number of carbonyl (C=O) groups excluding carboxylic acids is 1. The Morgan fingerprint density at radius 3 is 2.80 bits per heavy atom. The van der Waals surface area contributed by atoms with Crippen molar-refractivity contribution in [3.63, 3.8) is 0 Å². The number of rotatable bonds is 6. The molecule has 4 rings (SSSR count). The monoisotopic (exact) mass is 404 g/mol. The van der Waals surface area contributed by atoms with E-state index in [1.165, 1.54) is 4.57 Å². The number of para-hydroxylation sites is 1. The van der Waals surface area contributed by atoms with E-state index >= 15 is 0 Å². The van der Waals surface area contributed by atoms with Crippen molar-refractivity contribution in [1.82, 2.24) is 19.9 Å². The third-order valence-corrected chi connectivity index (χ3v) is 5.41. The van der Waals surface area contributed by atoms with Crippen LogP contribution in [0.1, 0.15) is 35.5 Å². The van der Waals surface area contributed by atoms with Gasteiger partial charge in [-0.1, -0.05) is 31.2 Å². The molecular weight excluding hydrogens is 380 g/mol. The van der Waals surface area contributed by atoms with E-state index in [0.29, 0.717) is 18.8 Å². The van der Waals surface area contributed by atoms with Gasteiger partial charge in [0.05, 0.1) is 0 Å². The molecule has 8 heteroatoms. The molecule has 154 valence electrons. The Bertz CT molecular complexity index is 1170. The summed E-state index contributed by atoms with van der Waals surface area (Å²) in [5.41, 5.74) is 9.72. The molecule has 0 saturated heterocycles. The summed E-state index contributed by atoms with van der Waals surface area (Å²) in [4.78, 5) is 34.1. The number of aromatic nitrogens is 3. The normalized spacial score (nSPS) is 14.5. The zero-order valence-electron chi connectivity index (χ0n) is 17.0. The maximum atomic E-state index is 13.0. The molecule has 1 amide bonds. The Balaban J connectivity index is 1.50. The molecule has 1 aliphatic rings. The molecule has 4 N–H and O–H groups in total. The summed E-state index contributed by atoms with van der Waals surface area (Å²) in [5.74, 6) is 0.460. The van der Waals surface area contributed by atoms with Crippen molar-refractivity contribution in [3.05, 3.63) is 75.5 Å². The molecule has 0 bridgehead atoms. The van der Waals surface area contributed by atoms with Crippen LogP contribution in [-0.4, -0.2) is 20.4 Å². The second-order valence-electron chi connectivity index (χ2n) is 7.33. The van der Waals surface area contributed by atoms with Gasteiger partial charge in [0.1, 0.15) is 11.9 Å². The van der Waals surface area contributed by atoms with E-state index in [1.54, 1.807) is 12.3 Å². The van der Waals surface area contributed by atoms with Crippen LogP contribution in [0.15, 0.2) is 47.4 Å². The number of nitrogen functional groups attached to an aromatic ring is 1. The maximum absolute atomic E-state index is 13.0. The molecule has 0 radical (unpaired) electrons. The molecule has 30 heavy (non-hydrogen) atoms. The number of pyridine rings is 1. The quantitative estimate of drug-likeness (QED) is 0.580. The van der Waals surface area contributed by atoms with Crippen molar-refractivity contribution in [3.8, 4) is 0 Å². The van der Waals surface area contributed by atoms with Crippen LogP contribution < -0.4 is 21.9 Å². The summed E-state index contributed by atoms with van der Waals surface area (Å²) in [6.07, 6.45) is 2.97. The van der Waals surface area contributed by atoms with Crippen molar-refractivity contribution in [2.75, 3.05) is 11.1 Å². The molecule has 0 fully saturated rings. The molecule has 0 spiro atoms. The topological polar surface area (TPSA) is 115 Å². The average molecular weight is 404 g/mol. The van der Waals surface area contributed by atoms with Crippen molar-refractivity contribution in [1.29, 1.82) is 0 Å². The lowest BCUT2D eigenvalue weighted by Gasteiger charge is -2.31.